The third-order valence-electron chi connectivity index (χ3n) is 3.04. The molecule has 0 aliphatic rings. The minimum atomic E-state index is -0.715. The Balaban J connectivity index is 2.10. The highest BCUT2D eigenvalue weighted by atomic mass is 19.1. The van der Waals surface area contributed by atoms with E-state index >= 15 is 0 Å². The van der Waals surface area contributed by atoms with E-state index in [9.17, 15) is 8.78 Å². The Morgan fingerprint density at radius 1 is 1.35 bits per heavy atom. The van der Waals surface area contributed by atoms with Crippen LogP contribution in [0.1, 0.15) is 29.7 Å². The van der Waals surface area contributed by atoms with E-state index in [1.54, 1.807) is 24.5 Å². The second kappa shape index (κ2) is 6.22. The molecule has 2 aromatic rings. The predicted octanol–water partition coefficient (Wildman–Crippen LogP) is 3.08. The lowest BCUT2D eigenvalue weighted by atomic mass is 10.1. The Hall–Kier alpha value is -2.32. The van der Waals surface area contributed by atoms with Crippen molar-refractivity contribution < 1.29 is 8.78 Å². The lowest BCUT2D eigenvalue weighted by Crippen LogP contribution is -2.20. The molecule has 102 valence electrons. The summed E-state index contributed by atoms with van der Waals surface area (Å²) in [6, 6.07) is 7.39. The number of nitrogens with zero attached hydrogens (tertiary/aromatic N) is 2. The molecule has 0 radical (unpaired) electrons. The lowest BCUT2D eigenvalue weighted by Gasteiger charge is -2.14. The summed E-state index contributed by atoms with van der Waals surface area (Å²) in [5.74, 6) is -1.43. The predicted molar refractivity (Wildman–Crippen MR) is 70.6 cm³/mol. The summed E-state index contributed by atoms with van der Waals surface area (Å²) < 4.78 is 27.4. The molecule has 0 bridgehead atoms. The van der Waals surface area contributed by atoms with Gasteiger partial charge in [0.1, 0.15) is 11.6 Å². The standard InChI is InChI=1S/C15H13F2N3/c1-10(12-3-2-4-19-8-12)20-9-13-14(16)5-11(7-18)6-15(13)17/h2-6,8,10,20H,9H2,1H3/t10-/m1/s1. The van der Waals surface area contributed by atoms with Crippen LogP contribution >= 0.6 is 0 Å². The average Bonchev–Trinajstić information content (AvgIpc) is 2.46. The van der Waals surface area contributed by atoms with Crippen molar-refractivity contribution in [2.45, 2.75) is 19.5 Å². The first-order valence-electron chi connectivity index (χ1n) is 6.13. The fourth-order valence-corrected chi connectivity index (χ4v) is 1.84. The Kier molecular flexibility index (Phi) is 4.38. The van der Waals surface area contributed by atoms with Gasteiger partial charge in [0.05, 0.1) is 11.6 Å². The first-order valence-corrected chi connectivity index (χ1v) is 6.13. The van der Waals surface area contributed by atoms with Crippen LogP contribution in [0.4, 0.5) is 8.78 Å². The largest absolute Gasteiger partial charge is 0.306 e. The van der Waals surface area contributed by atoms with Gasteiger partial charge in [0.2, 0.25) is 0 Å². The summed E-state index contributed by atoms with van der Waals surface area (Å²) in [5, 5.41) is 11.7. The Labute approximate surface area is 115 Å². The summed E-state index contributed by atoms with van der Waals surface area (Å²) >= 11 is 0. The molecular formula is C15H13F2N3. The molecule has 0 spiro atoms. The van der Waals surface area contributed by atoms with Gasteiger partial charge >= 0.3 is 0 Å². The van der Waals surface area contributed by atoms with Crippen molar-refractivity contribution in [3.8, 4) is 6.07 Å². The highest BCUT2D eigenvalue weighted by molar-refractivity contribution is 5.34. The van der Waals surface area contributed by atoms with E-state index in [1.165, 1.54) is 0 Å². The number of aromatic nitrogens is 1. The van der Waals surface area contributed by atoms with Gasteiger partial charge in [-0.3, -0.25) is 4.98 Å². The fourth-order valence-electron chi connectivity index (χ4n) is 1.84. The quantitative estimate of drug-likeness (QED) is 0.931. The second-order valence-corrected chi connectivity index (χ2v) is 4.42. The molecule has 0 unspecified atom stereocenters. The molecule has 0 aliphatic heterocycles. The highest BCUT2D eigenvalue weighted by Crippen LogP contribution is 2.17. The van der Waals surface area contributed by atoms with Gasteiger partial charge in [-0.05, 0) is 30.7 Å². The number of benzene rings is 1. The SMILES string of the molecule is C[C@@H](NCc1c(F)cc(C#N)cc1F)c1cccnc1. The van der Waals surface area contributed by atoms with E-state index in [1.807, 2.05) is 13.0 Å². The van der Waals surface area contributed by atoms with Crippen LogP contribution in [0.3, 0.4) is 0 Å². The maximum absolute atomic E-state index is 13.7. The topological polar surface area (TPSA) is 48.7 Å². The molecule has 0 saturated carbocycles. The van der Waals surface area contributed by atoms with Gasteiger partial charge in [0, 0.05) is 30.5 Å². The van der Waals surface area contributed by atoms with E-state index in [0.717, 1.165) is 17.7 Å². The molecule has 1 heterocycles. The molecule has 20 heavy (non-hydrogen) atoms. The molecule has 1 aromatic carbocycles. The molecule has 3 nitrogen and oxygen atoms in total. The maximum atomic E-state index is 13.7. The smallest absolute Gasteiger partial charge is 0.131 e. The van der Waals surface area contributed by atoms with Crippen molar-refractivity contribution in [1.82, 2.24) is 10.3 Å². The van der Waals surface area contributed by atoms with E-state index in [0.29, 0.717) is 0 Å². The molecule has 1 N–H and O–H groups in total. The molecule has 1 aromatic heterocycles. The number of nitrogens with one attached hydrogen (secondary N) is 1. The van der Waals surface area contributed by atoms with Gasteiger partial charge in [0.25, 0.3) is 0 Å². The van der Waals surface area contributed by atoms with E-state index < -0.39 is 11.6 Å². The van der Waals surface area contributed by atoms with Crippen LogP contribution in [-0.4, -0.2) is 4.98 Å². The first-order chi connectivity index (χ1) is 9.61. The summed E-state index contributed by atoms with van der Waals surface area (Å²) in [4.78, 5) is 3.99. The van der Waals surface area contributed by atoms with Gasteiger partial charge in [0.15, 0.2) is 0 Å². The first kappa shape index (κ1) is 14.1. The zero-order chi connectivity index (χ0) is 14.5. The molecule has 0 saturated heterocycles. The third-order valence-corrected chi connectivity index (χ3v) is 3.04. The van der Waals surface area contributed by atoms with Crippen molar-refractivity contribution >= 4 is 0 Å². The number of pyridine rings is 1. The summed E-state index contributed by atoms with van der Waals surface area (Å²) in [6.45, 7) is 1.93. The highest BCUT2D eigenvalue weighted by Gasteiger charge is 2.13. The van der Waals surface area contributed by atoms with Crippen LogP contribution in [0, 0.1) is 23.0 Å². The van der Waals surface area contributed by atoms with Crippen LogP contribution < -0.4 is 5.32 Å². The molecule has 1 atom stereocenters. The van der Waals surface area contributed by atoms with Crippen molar-refractivity contribution in [3.05, 3.63) is 65.0 Å². The number of halogens is 2. The normalized spacial score (nSPS) is 11.9. The Bertz CT molecular complexity index is 612. The number of hydrogen-bond acceptors (Lipinski definition) is 3. The summed E-state index contributed by atoms with van der Waals surface area (Å²) in [5.41, 5.74) is 0.839. The molecule has 0 fully saturated rings. The van der Waals surface area contributed by atoms with Crippen LogP contribution in [-0.2, 0) is 6.54 Å². The van der Waals surface area contributed by atoms with Gasteiger partial charge in [-0.25, -0.2) is 8.78 Å². The minimum Gasteiger partial charge on any atom is -0.306 e. The van der Waals surface area contributed by atoms with Crippen molar-refractivity contribution in [2.75, 3.05) is 0 Å². The van der Waals surface area contributed by atoms with Crippen LogP contribution in [0.5, 0.6) is 0 Å². The average molecular weight is 273 g/mol. The van der Waals surface area contributed by atoms with E-state index in [2.05, 4.69) is 10.3 Å². The Morgan fingerprint density at radius 3 is 2.60 bits per heavy atom. The van der Waals surface area contributed by atoms with E-state index in [-0.39, 0.29) is 23.7 Å². The van der Waals surface area contributed by atoms with E-state index in [4.69, 9.17) is 5.26 Å². The fraction of sp³-hybridized carbons (Fsp3) is 0.200. The van der Waals surface area contributed by atoms with Crippen LogP contribution in [0.25, 0.3) is 0 Å². The second-order valence-electron chi connectivity index (χ2n) is 4.42. The monoisotopic (exact) mass is 273 g/mol. The van der Waals surface area contributed by atoms with Gasteiger partial charge in [-0.2, -0.15) is 5.26 Å². The minimum absolute atomic E-state index is 0.0240. The third kappa shape index (κ3) is 3.16. The number of rotatable bonds is 4. The number of hydrogen-bond donors (Lipinski definition) is 1. The zero-order valence-corrected chi connectivity index (χ0v) is 10.9. The molecule has 2 rings (SSSR count). The molecule has 5 heteroatoms. The van der Waals surface area contributed by atoms with Gasteiger partial charge in [-0.1, -0.05) is 6.07 Å². The van der Waals surface area contributed by atoms with Crippen LogP contribution in [0.15, 0.2) is 36.7 Å². The number of nitriles is 1. The van der Waals surface area contributed by atoms with Crippen molar-refractivity contribution in [1.29, 1.82) is 5.26 Å². The van der Waals surface area contributed by atoms with Crippen molar-refractivity contribution in [2.24, 2.45) is 0 Å². The molecular weight excluding hydrogens is 260 g/mol. The molecule has 0 aliphatic carbocycles. The summed E-state index contributed by atoms with van der Waals surface area (Å²) in [7, 11) is 0. The zero-order valence-electron chi connectivity index (χ0n) is 10.9. The maximum Gasteiger partial charge on any atom is 0.131 e. The summed E-state index contributed by atoms with van der Waals surface area (Å²) in [6.07, 6.45) is 3.36. The lowest BCUT2D eigenvalue weighted by molar-refractivity contribution is 0.508. The van der Waals surface area contributed by atoms with Gasteiger partial charge < -0.3 is 5.32 Å². The Morgan fingerprint density at radius 2 is 2.05 bits per heavy atom. The molecule has 0 amide bonds. The van der Waals surface area contributed by atoms with Crippen molar-refractivity contribution in [3.63, 3.8) is 0 Å². The van der Waals surface area contributed by atoms with Gasteiger partial charge in [-0.15, -0.1) is 0 Å². The van der Waals surface area contributed by atoms with Crippen LogP contribution in [0.2, 0.25) is 0 Å².